The first-order chi connectivity index (χ1) is 11.3. The molecule has 6 nitrogen and oxygen atoms in total. The van der Waals surface area contributed by atoms with Crippen LogP contribution in [0.1, 0.15) is 5.69 Å². The van der Waals surface area contributed by atoms with E-state index in [9.17, 15) is 0 Å². The number of nitrogens with one attached hydrogen (secondary N) is 1. The Morgan fingerprint density at radius 3 is 2.70 bits per heavy atom. The van der Waals surface area contributed by atoms with E-state index in [0.717, 1.165) is 17.1 Å². The van der Waals surface area contributed by atoms with E-state index in [0.29, 0.717) is 18.3 Å². The minimum Gasteiger partial charge on any atom is -0.457 e. The molecular formula is C17H16N4O2. The summed E-state index contributed by atoms with van der Waals surface area (Å²) < 4.78 is 10.5. The molecule has 1 aromatic heterocycles. The van der Waals surface area contributed by atoms with Crippen molar-refractivity contribution in [2.75, 3.05) is 5.32 Å². The fraction of sp³-hybridized carbons (Fsp3) is 0.0588. The smallest absolute Gasteiger partial charge is 0.193 e. The zero-order chi connectivity index (χ0) is 15.9. The summed E-state index contributed by atoms with van der Waals surface area (Å²) in [7, 11) is 0. The quantitative estimate of drug-likeness (QED) is 0.557. The number of anilines is 1. The second kappa shape index (κ2) is 7.13. The molecule has 0 saturated carbocycles. The van der Waals surface area contributed by atoms with Crippen LogP contribution in [0.4, 0.5) is 5.69 Å². The third-order valence-corrected chi connectivity index (χ3v) is 2.99. The number of aliphatic imine (C=N–C) groups is 1. The Morgan fingerprint density at radius 2 is 1.91 bits per heavy atom. The highest BCUT2D eigenvalue weighted by molar-refractivity contribution is 5.92. The van der Waals surface area contributed by atoms with E-state index >= 15 is 0 Å². The van der Waals surface area contributed by atoms with Crippen molar-refractivity contribution in [3.8, 4) is 11.5 Å². The molecule has 0 aliphatic carbocycles. The second-order valence-corrected chi connectivity index (χ2v) is 4.76. The maximum Gasteiger partial charge on any atom is 0.193 e. The molecule has 0 bridgehead atoms. The van der Waals surface area contributed by atoms with Crippen molar-refractivity contribution in [1.29, 1.82) is 0 Å². The molecule has 0 amide bonds. The topological polar surface area (TPSA) is 85.7 Å². The van der Waals surface area contributed by atoms with Gasteiger partial charge < -0.3 is 20.3 Å². The van der Waals surface area contributed by atoms with Crippen molar-refractivity contribution in [2.24, 2.45) is 10.7 Å². The molecule has 116 valence electrons. The number of guanidine groups is 1. The molecule has 3 aromatic rings. The Morgan fingerprint density at radius 1 is 1.09 bits per heavy atom. The lowest BCUT2D eigenvalue weighted by atomic mass is 10.3. The average molecular weight is 308 g/mol. The van der Waals surface area contributed by atoms with Crippen LogP contribution in [0.2, 0.25) is 0 Å². The number of hydrogen-bond acceptors (Lipinski definition) is 4. The van der Waals surface area contributed by atoms with Gasteiger partial charge in [-0.05, 0) is 24.3 Å². The third kappa shape index (κ3) is 4.34. The summed E-state index contributed by atoms with van der Waals surface area (Å²) in [6.45, 7) is 0.357. The van der Waals surface area contributed by atoms with E-state index in [2.05, 4.69) is 15.5 Å². The lowest BCUT2D eigenvalue weighted by Gasteiger charge is -2.09. The van der Waals surface area contributed by atoms with Crippen LogP contribution in [-0.4, -0.2) is 11.1 Å². The predicted molar refractivity (Wildman–Crippen MR) is 88.4 cm³/mol. The molecule has 3 rings (SSSR count). The fourth-order valence-electron chi connectivity index (χ4n) is 1.93. The number of hydrogen-bond donors (Lipinski definition) is 2. The normalized spacial score (nSPS) is 11.2. The molecule has 0 saturated heterocycles. The van der Waals surface area contributed by atoms with Gasteiger partial charge in [-0.25, -0.2) is 4.99 Å². The van der Waals surface area contributed by atoms with Crippen molar-refractivity contribution in [2.45, 2.75) is 6.54 Å². The van der Waals surface area contributed by atoms with Gasteiger partial charge in [0, 0.05) is 17.8 Å². The number of ether oxygens (including phenoxy) is 1. The van der Waals surface area contributed by atoms with Gasteiger partial charge in [-0.15, -0.1) is 0 Å². The minimum absolute atomic E-state index is 0.296. The van der Waals surface area contributed by atoms with Gasteiger partial charge in [0.05, 0.1) is 6.54 Å². The van der Waals surface area contributed by atoms with E-state index in [1.54, 1.807) is 6.07 Å². The Labute approximate surface area is 133 Å². The highest BCUT2D eigenvalue weighted by Crippen LogP contribution is 2.23. The van der Waals surface area contributed by atoms with Gasteiger partial charge in [0.1, 0.15) is 23.5 Å². The van der Waals surface area contributed by atoms with E-state index in [4.69, 9.17) is 15.0 Å². The molecule has 23 heavy (non-hydrogen) atoms. The average Bonchev–Trinajstić information content (AvgIpc) is 3.08. The maximum absolute atomic E-state index is 5.86. The molecule has 0 fully saturated rings. The van der Waals surface area contributed by atoms with Gasteiger partial charge >= 0.3 is 0 Å². The number of benzene rings is 2. The zero-order valence-corrected chi connectivity index (χ0v) is 12.3. The van der Waals surface area contributed by atoms with Crippen LogP contribution in [-0.2, 0) is 6.54 Å². The Hall–Kier alpha value is -3.28. The maximum atomic E-state index is 5.86. The first-order valence-electron chi connectivity index (χ1n) is 7.09. The van der Waals surface area contributed by atoms with Gasteiger partial charge in [0.15, 0.2) is 5.96 Å². The molecule has 1 heterocycles. The Kier molecular flexibility index (Phi) is 4.54. The predicted octanol–water partition coefficient (Wildman–Crippen LogP) is 3.39. The highest BCUT2D eigenvalue weighted by Gasteiger charge is 2.01. The number of nitrogens with two attached hydrogens (primary N) is 1. The van der Waals surface area contributed by atoms with E-state index in [1.807, 2.05) is 54.6 Å². The molecule has 3 N–H and O–H groups in total. The van der Waals surface area contributed by atoms with Crippen LogP contribution in [0.25, 0.3) is 0 Å². The van der Waals surface area contributed by atoms with Gasteiger partial charge in [-0.3, -0.25) is 0 Å². The summed E-state index contributed by atoms with van der Waals surface area (Å²) >= 11 is 0. The summed E-state index contributed by atoms with van der Waals surface area (Å²) in [5.41, 5.74) is 7.37. The fourth-order valence-corrected chi connectivity index (χ4v) is 1.93. The molecule has 2 aromatic carbocycles. The van der Waals surface area contributed by atoms with Gasteiger partial charge in [-0.1, -0.05) is 29.4 Å². The van der Waals surface area contributed by atoms with Crippen LogP contribution in [0.5, 0.6) is 11.5 Å². The molecule has 0 atom stereocenters. The van der Waals surface area contributed by atoms with Crippen LogP contribution >= 0.6 is 0 Å². The van der Waals surface area contributed by atoms with Gasteiger partial charge in [-0.2, -0.15) is 0 Å². The van der Waals surface area contributed by atoms with Crippen molar-refractivity contribution < 1.29 is 9.26 Å². The van der Waals surface area contributed by atoms with E-state index in [1.165, 1.54) is 6.26 Å². The molecule has 0 radical (unpaired) electrons. The summed E-state index contributed by atoms with van der Waals surface area (Å²) in [5.74, 6) is 1.78. The second-order valence-electron chi connectivity index (χ2n) is 4.76. The standard InChI is InChI=1S/C17H16N4O2/c18-17(19-12-14-9-10-22-21-14)20-13-5-4-8-16(11-13)23-15-6-2-1-3-7-15/h1-11H,12H2,(H3,18,19,20). The Balaban J connectivity index is 1.64. The summed E-state index contributed by atoms with van der Waals surface area (Å²) in [6, 6.07) is 18.8. The lowest BCUT2D eigenvalue weighted by Crippen LogP contribution is -2.22. The monoisotopic (exact) mass is 308 g/mol. The third-order valence-electron chi connectivity index (χ3n) is 2.99. The number of rotatable bonds is 5. The minimum atomic E-state index is 0.296. The van der Waals surface area contributed by atoms with Crippen molar-refractivity contribution in [3.63, 3.8) is 0 Å². The van der Waals surface area contributed by atoms with Crippen molar-refractivity contribution >= 4 is 11.6 Å². The Bertz CT molecular complexity index is 770. The molecule has 0 unspecified atom stereocenters. The molecule has 0 aliphatic rings. The molecule has 0 spiro atoms. The van der Waals surface area contributed by atoms with Crippen LogP contribution in [0.15, 0.2) is 76.4 Å². The first kappa shape index (κ1) is 14.6. The molecule has 6 heteroatoms. The zero-order valence-electron chi connectivity index (χ0n) is 12.3. The van der Waals surface area contributed by atoms with E-state index in [-0.39, 0.29) is 0 Å². The van der Waals surface area contributed by atoms with E-state index < -0.39 is 0 Å². The van der Waals surface area contributed by atoms with Crippen LogP contribution in [0.3, 0.4) is 0 Å². The van der Waals surface area contributed by atoms with Crippen molar-refractivity contribution in [1.82, 2.24) is 5.16 Å². The van der Waals surface area contributed by atoms with Crippen molar-refractivity contribution in [3.05, 3.63) is 72.6 Å². The number of aromatic nitrogens is 1. The SMILES string of the molecule is NC(=NCc1ccon1)Nc1cccc(Oc2ccccc2)c1. The van der Waals surface area contributed by atoms with Gasteiger partial charge in [0.25, 0.3) is 0 Å². The number of para-hydroxylation sites is 1. The first-order valence-corrected chi connectivity index (χ1v) is 7.09. The summed E-state index contributed by atoms with van der Waals surface area (Å²) in [4.78, 5) is 4.20. The van der Waals surface area contributed by atoms with Gasteiger partial charge in [0.2, 0.25) is 0 Å². The summed E-state index contributed by atoms with van der Waals surface area (Å²) in [5, 5.41) is 6.79. The van der Waals surface area contributed by atoms with Crippen LogP contribution in [0, 0.1) is 0 Å². The lowest BCUT2D eigenvalue weighted by molar-refractivity contribution is 0.412. The summed E-state index contributed by atoms with van der Waals surface area (Å²) in [6.07, 6.45) is 1.50. The molecule has 0 aliphatic heterocycles. The number of nitrogens with zero attached hydrogens (tertiary/aromatic N) is 2. The highest BCUT2D eigenvalue weighted by atomic mass is 16.5. The van der Waals surface area contributed by atoms with Crippen LogP contribution < -0.4 is 15.8 Å². The largest absolute Gasteiger partial charge is 0.457 e. The molecular weight excluding hydrogens is 292 g/mol.